The molecule has 0 spiro atoms. The lowest BCUT2D eigenvalue weighted by molar-refractivity contribution is 0.0755. The first-order valence-electron chi connectivity index (χ1n) is 9.19. The third-order valence-corrected chi connectivity index (χ3v) is 4.49. The van der Waals surface area contributed by atoms with E-state index in [0.29, 0.717) is 34.9 Å². The van der Waals surface area contributed by atoms with Gasteiger partial charge in [-0.25, -0.2) is 0 Å². The number of hydrogen-bond acceptors (Lipinski definition) is 3. The summed E-state index contributed by atoms with van der Waals surface area (Å²) in [5.74, 6) is -0.450. The van der Waals surface area contributed by atoms with Crippen molar-refractivity contribution in [3.05, 3.63) is 57.9 Å². The summed E-state index contributed by atoms with van der Waals surface area (Å²) in [5.41, 5.74) is 3.21. The largest absolute Gasteiger partial charge is 0.339 e. The van der Waals surface area contributed by atoms with Gasteiger partial charge in [-0.1, -0.05) is 31.5 Å². The Morgan fingerprint density at radius 1 is 1.04 bits per heavy atom. The maximum absolute atomic E-state index is 12.7. The van der Waals surface area contributed by atoms with Crippen LogP contribution >= 0.6 is 11.6 Å². The quantitative estimate of drug-likeness (QED) is 0.737. The van der Waals surface area contributed by atoms with Crippen LogP contribution in [0.4, 0.5) is 5.69 Å². The average molecular weight is 388 g/mol. The second-order valence-electron chi connectivity index (χ2n) is 6.65. The number of hydrogen-bond donors (Lipinski definition) is 1. The van der Waals surface area contributed by atoms with Gasteiger partial charge in [0.25, 0.3) is 11.8 Å². The maximum Gasteiger partial charge on any atom is 0.257 e. The highest BCUT2D eigenvalue weighted by atomic mass is 35.5. The van der Waals surface area contributed by atoms with Gasteiger partial charge in [0, 0.05) is 25.5 Å². The molecule has 6 heteroatoms. The zero-order valence-corrected chi connectivity index (χ0v) is 17.1. The van der Waals surface area contributed by atoms with Gasteiger partial charge in [0.15, 0.2) is 0 Å². The van der Waals surface area contributed by atoms with Crippen LogP contribution in [0.3, 0.4) is 0 Å². The highest BCUT2D eigenvalue weighted by molar-refractivity contribution is 6.34. The van der Waals surface area contributed by atoms with Crippen LogP contribution in [0.15, 0.2) is 30.6 Å². The molecular formula is C21H26ClN3O2. The van der Waals surface area contributed by atoms with Crippen molar-refractivity contribution in [3.8, 4) is 0 Å². The molecule has 1 aromatic carbocycles. The minimum absolute atomic E-state index is 0.106. The molecule has 0 saturated heterocycles. The minimum atomic E-state index is -0.344. The Labute approximate surface area is 165 Å². The number of nitrogens with one attached hydrogen (secondary N) is 1. The minimum Gasteiger partial charge on any atom is -0.339 e. The van der Waals surface area contributed by atoms with E-state index in [9.17, 15) is 9.59 Å². The van der Waals surface area contributed by atoms with Crippen LogP contribution in [0.2, 0.25) is 5.02 Å². The predicted octanol–water partition coefficient (Wildman–Crippen LogP) is 4.87. The predicted molar refractivity (Wildman–Crippen MR) is 110 cm³/mol. The number of nitrogens with zero attached hydrogens (tertiary/aromatic N) is 2. The molecule has 2 rings (SSSR count). The number of benzene rings is 1. The summed E-state index contributed by atoms with van der Waals surface area (Å²) in [4.78, 5) is 31.3. The Bertz CT molecular complexity index is 807. The molecule has 0 unspecified atom stereocenters. The Morgan fingerprint density at radius 2 is 1.67 bits per heavy atom. The Morgan fingerprint density at radius 3 is 2.26 bits per heavy atom. The van der Waals surface area contributed by atoms with Crippen molar-refractivity contribution in [3.63, 3.8) is 0 Å². The van der Waals surface area contributed by atoms with E-state index in [1.54, 1.807) is 17.0 Å². The molecule has 1 aromatic heterocycles. The van der Waals surface area contributed by atoms with Gasteiger partial charge in [0.2, 0.25) is 0 Å². The summed E-state index contributed by atoms with van der Waals surface area (Å²) < 4.78 is 0. The van der Waals surface area contributed by atoms with Crippen molar-refractivity contribution in [1.82, 2.24) is 9.88 Å². The van der Waals surface area contributed by atoms with Crippen molar-refractivity contribution >= 4 is 29.1 Å². The Balaban J connectivity index is 2.24. The van der Waals surface area contributed by atoms with Gasteiger partial charge in [-0.3, -0.25) is 14.6 Å². The van der Waals surface area contributed by atoms with E-state index in [4.69, 9.17) is 11.6 Å². The molecule has 0 fully saturated rings. The first kappa shape index (κ1) is 20.9. The number of pyridine rings is 1. The summed E-state index contributed by atoms with van der Waals surface area (Å²) in [6.45, 7) is 9.27. The molecule has 0 radical (unpaired) electrons. The molecule has 27 heavy (non-hydrogen) atoms. The molecule has 0 saturated carbocycles. The monoisotopic (exact) mass is 387 g/mol. The second kappa shape index (κ2) is 9.51. The molecule has 1 N–H and O–H groups in total. The molecule has 5 nitrogen and oxygen atoms in total. The summed E-state index contributed by atoms with van der Waals surface area (Å²) in [5, 5.41) is 3.32. The average Bonchev–Trinajstić information content (AvgIpc) is 2.63. The van der Waals surface area contributed by atoms with E-state index in [-0.39, 0.29) is 11.8 Å². The number of amides is 2. The van der Waals surface area contributed by atoms with Gasteiger partial charge in [-0.05, 0) is 49.9 Å². The lowest BCUT2D eigenvalue weighted by atomic mass is 10.1. The lowest BCUT2D eigenvalue weighted by Crippen LogP contribution is -2.32. The third-order valence-electron chi connectivity index (χ3n) is 4.19. The van der Waals surface area contributed by atoms with Gasteiger partial charge in [0.05, 0.1) is 21.8 Å². The number of rotatable bonds is 7. The van der Waals surface area contributed by atoms with Crippen LogP contribution in [0, 0.1) is 13.8 Å². The third kappa shape index (κ3) is 5.30. The smallest absolute Gasteiger partial charge is 0.257 e. The standard InChI is InChI=1S/C21H26ClN3O2/c1-5-7-25(8-6-2)21(27)17-11-16(12-23-13-17)20(26)24-19-15(4)9-14(3)10-18(19)22/h9-13H,5-8H2,1-4H3,(H,24,26). The number of anilines is 1. The van der Waals surface area contributed by atoms with Crippen LogP contribution in [-0.2, 0) is 0 Å². The summed E-state index contributed by atoms with van der Waals surface area (Å²) in [6, 6.07) is 5.34. The van der Waals surface area contributed by atoms with E-state index in [1.165, 1.54) is 12.4 Å². The highest BCUT2D eigenvalue weighted by Gasteiger charge is 2.18. The second-order valence-corrected chi connectivity index (χ2v) is 7.05. The van der Waals surface area contributed by atoms with Gasteiger partial charge in [0.1, 0.15) is 0 Å². The van der Waals surface area contributed by atoms with Crippen LogP contribution in [0.1, 0.15) is 58.5 Å². The molecule has 2 aromatic rings. The van der Waals surface area contributed by atoms with Gasteiger partial charge in [-0.15, -0.1) is 0 Å². The van der Waals surface area contributed by atoms with Crippen molar-refractivity contribution < 1.29 is 9.59 Å². The summed E-state index contributed by atoms with van der Waals surface area (Å²) in [7, 11) is 0. The fourth-order valence-electron chi connectivity index (χ4n) is 2.98. The Kier molecular flexibility index (Phi) is 7.36. The number of carbonyl (C=O) groups excluding carboxylic acids is 2. The number of aromatic nitrogens is 1. The van der Waals surface area contributed by atoms with E-state index >= 15 is 0 Å². The Hall–Kier alpha value is -2.40. The fourth-order valence-corrected chi connectivity index (χ4v) is 3.35. The summed E-state index contributed by atoms with van der Waals surface area (Å²) in [6.07, 6.45) is 4.71. The van der Waals surface area contributed by atoms with Crippen LogP contribution < -0.4 is 5.32 Å². The van der Waals surface area contributed by atoms with Crippen molar-refractivity contribution in [2.75, 3.05) is 18.4 Å². The van der Waals surface area contributed by atoms with E-state index in [0.717, 1.165) is 24.0 Å². The van der Waals surface area contributed by atoms with E-state index in [2.05, 4.69) is 10.3 Å². The van der Waals surface area contributed by atoms with Crippen molar-refractivity contribution in [2.24, 2.45) is 0 Å². The van der Waals surface area contributed by atoms with Gasteiger partial charge >= 0.3 is 0 Å². The molecule has 1 heterocycles. The topological polar surface area (TPSA) is 62.3 Å². The van der Waals surface area contributed by atoms with Crippen LogP contribution in [0.25, 0.3) is 0 Å². The molecule has 0 bridgehead atoms. The van der Waals surface area contributed by atoms with E-state index in [1.807, 2.05) is 33.8 Å². The zero-order chi connectivity index (χ0) is 20.0. The first-order chi connectivity index (χ1) is 12.9. The van der Waals surface area contributed by atoms with Crippen molar-refractivity contribution in [2.45, 2.75) is 40.5 Å². The number of aryl methyl sites for hydroxylation is 2. The molecular weight excluding hydrogens is 362 g/mol. The molecule has 144 valence electrons. The van der Waals surface area contributed by atoms with Gasteiger partial charge < -0.3 is 10.2 Å². The highest BCUT2D eigenvalue weighted by Crippen LogP contribution is 2.27. The fraction of sp³-hybridized carbons (Fsp3) is 0.381. The zero-order valence-electron chi connectivity index (χ0n) is 16.3. The first-order valence-corrected chi connectivity index (χ1v) is 9.57. The van der Waals surface area contributed by atoms with Crippen molar-refractivity contribution in [1.29, 1.82) is 0 Å². The summed E-state index contributed by atoms with van der Waals surface area (Å²) >= 11 is 6.27. The number of halogens is 1. The molecule has 0 aliphatic heterocycles. The normalized spacial score (nSPS) is 10.6. The molecule has 0 atom stereocenters. The molecule has 2 amide bonds. The maximum atomic E-state index is 12.7. The van der Waals surface area contributed by atoms with E-state index < -0.39 is 0 Å². The lowest BCUT2D eigenvalue weighted by Gasteiger charge is -2.21. The molecule has 0 aliphatic rings. The van der Waals surface area contributed by atoms with Crippen LogP contribution in [-0.4, -0.2) is 34.8 Å². The molecule has 0 aliphatic carbocycles. The van der Waals surface area contributed by atoms with Gasteiger partial charge in [-0.2, -0.15) is 0 Å². The SMILES string of the molecule is CCCN(CCC)C(=O)c1cncc(C(=O)Nc2c(C)cc(C)cc2Cl)c1. The van der Waals surface area contributed by atoms with Crippen LogP contribution in [0.5, 0.6) is 0 Å². The number of carbonyl (C=O) groups is 2.